The summed E-state index contributed by atoms with van der Waals surface area (Å²) in [5.41, 5.74) is -1.99. The van der Waals surface area contributed by atoms with Crippen LogP contribution in [0, 0.1) is 5.41 Å². The van der Waals surface area contributed by atoms with Crippen LogP contribution in [0.25, 0.3) is 0 Å². The topological polar surface area (TPSA) is 97.7 Å². The van der Waals surface area contributed by atoms with Crippen LogP contribution in [-0.2, 0) is 23.9 Å². The monoisotopic (exact) mass is 256 g/mol. The predicted octanol–water partition coefficient (Wildman–Crippen LogP) is 0.745. The van der Waals surface area contributed by atoms with Crippen molar-refractivity contribution in [2.75, 3.05) is 6.61 Å². The number of carboxylic acid groups (broad SMARTS) is 1. The van der Waals surface area contributed by atoms with E-state index in [2.05, 4.69) is 6.58 Å². The zero-order valence-electron chi connectivity index (χ0n) is 10.6. The lowest BCUT2D eigenvalue weighted by atomic mass is 9.77. The lowest BCUT2D eigenvalue weighted by Crippen LogP contribution is -2.45. The van der Waals surface area contributed by atoms with Crippen molar-refractivity contribution in [2.24, 2.45) is 5.41 Å². The second-order valence-corrected chi connectivity index (χ2v) is 3.99. The number of hydrogen-bond acceptors (Lipinski definition) is 5. The second-order valence-electron chi connectivity index (χ2n) is 3.99. The molecule has 0 unspecified atom stereocenters. The Hall–Kier alpha value is -1.98. The third kappa shape index (κ3) is 3.26. The fourth-order valence-corrected chi connectivity index (χ4v) is 1.43. The Morgan fingerprint density at radius 2 is 1.56 bits per heavy atom. The lowest BCUT2D eigenvalue weighted by Gasteiger charge is -2.23. The average Bonchev–Trinajstić information content (AvgIpc) is 2.21. The van der Waals surface area contributed by atoms with Gasteiger partial charge < -0.3 is 9.84 Å². The summed E-state index contributed by atoms with van der Waals surface area (Å²) in [5.74, 6) is -3.79. The van der Waals surface area contributed by atoms with E-state index in [0.717, 1.165) is 13.8 Å². The maximum absolute atomic E-state index is 11.4. The van der Waals surface area contributed by atoms with Crippen molar-refractivity contribution in [2.45, 2.75) is 27.2 Å². The molecule has 0 aromatic carbocycles. The van der Waals surface area contributed by atoms with E-state index >= 15 is 0 Å². The largest absolute Gasteiger partial charge is 0.480 e. The van der Waals surface area contributed by atoms with E-state index in [1.54, 1.807) is 0 Å². The molecule has 0 amide bonds. The SMILES string of the molecule is C=C(C)C(=O)OCCC(C(C)=O)(C(C)=O)C(=O)O. The minimum absolute atomic E-state index is 0.154. The highest BCUT2D eigenvalue weighted by molar-refractivity contribution is 6.20. The van der Waals surface area contributed by atoms with E-state index in [1.807, 2.05) is 0 Å². The molecule has 0 aliphatic heterocycles. The van der Waals surface area contributed by atoms with Crippen LogP contribution < -0.4 is 0 Å². The van der Waals surface area contributed by atoms with E-state index < -0.39 is 28.9 Å². The molecule has 1 N–H and O–H groups in total. The Kier molecular flexibility index (Phi) is 5.42. The molecule has 0 aliphatic carbocycles. The average molecular weight is 256 g/mol. The Labute approximate surface area is 105 Å². The molecule has 0 saturated heterocycles. The summed E-state index contributed by atoms with van der Waals surface area (Å²) in [4.78, 5) is 45.0. The van der Waals surface area contributed by atoms with Gasteiger partial charge in [-0.25, -0.2) is 4.79 Å². The first-order valence-corrected chi connectivity index (χ1v) is 5.24. The van der Waals surface area contributed by atoms with Gasteiger partial charge in [0.25, 0.3) is 0 Å². The van der Waals surface area contributed by atoms with Crippen LogP contribution in [0.5, 0.6) is 0 Å². The molecule has 0 spiro atoms. The first-order chi connectivity index (χ1) is 8.16. The highest BCUT2D eigenvalue weighted by Crippen LogP contribution is 2.25. The number of rotatable bonds is 7. The Morgan fingerprint density at radius 3 is 1.83 bits per heavy atom. The molecular weight excluding hydrogens is 240 g/mol. The molecule has 6 nitrogen and oxygen atoms in total. The van der Waals surface area contributed by atoms with Gasteiger partial charge in [-0.15, -0.1) is 0 Å². The van der Waals surface area contributed by atoms with Gasteiger partial charge in [0.05, 0.1) is 6.61 Å². The van der Waals surface area contributed by atoms with Gasteiger partial charge in [0.1, 0.15) is 0 Å². The molecular formula is C12H16O6. The molecule has 100 valence electrons. The lowest BCUT2D eigenvalue weighted by molar-refractivity contribution is -0.161. The molecule has 0 atom stereocenters. The number of Topliss-reactive ketones (excluding diaryl/α,β-unsaturated/α-hetero) is 2. The minimum Gasteiger partial charge on any atom is -0.480 e. The second kappa shape index (κ2) is 6.09. The van der Waals surface area contributed by atoms with Crippen LogP contribution in [0.2, 0.25) is 0 Å². The predicted molar refractivity (Wildman–Crippen MR) is 61.8 cm³/mol. The van der Waals surface area contributed by atoms with Crippen molar-refractivity contribution >= 4 is 23.5 Å². The van der Waals surface area contributed by atoms with Crippen molar-refractivity contribution < 1.29 is 29.0 Å². The number of ketones is 2. The Balaban J connectivity index is 4.89. The van der Waals surface area contributed by atoms with E-state index in [-0.39, 0.29) is 18.6 Å². The quantitative estimate of drug-likeness (QED) is 0.410. The maximum atomic E-state index is 11.4. The van der Waals surface area contributed by atoms with Crippen LogP contribution >= 0.6 is 0 Å². The number of hydrogen-bond donors (Lipinski definition) is 1. The number of carbonyl (C=O) groups excluding carboxylic acids is 3. The Morgan fingerprint density at radius 1 is 1.11 bits per heavy atom. The highest BCUT2D eigenvalue weighted by Gasteiger charge is 2.48. The Bertz CT molecular complexity index is 371. The van der Waals surface area contributed by atoms with E-state index in [9.17, 15) is 19.2 Å². The van der Waals surface area contributed by atoms with Gasteiger partial charge in [-0.3, -0.25) is 14.4 Å². The molecule has 0 aromatic heterocycles. The highest BCUT2D eigenvalue weighted by atomic mass is 16.5. The number of aliphatic carboxylic acids is 1. The smallest absolute Gasteiger partial charge is 0.333 e. The molecule has 0 saturated carbocycles. The molecule has 0 bridgehead atoms. The molecule has 0 radical (unpaired) electrons. The molecule has 18 heavy (non-hydrogen) atoms. The van der Waals surface area contributed by atoms with Gasteiger partial charge in [-0.2, -0.15) is 0 Å². The third-order valence-electron chi connectivity index (χ3n) is 2.63. The van der Waals surface area contributed by atoms with Gasteiger partial charge in [-0.05, 0) is 20.8 Å². The molecule has 0 heterocycles. The minimum atomic E-state index is -2.14. The van der Waals surface area contributed by atoms with Gasteiger partial charge >= 0.3 is 11.9 Å². The van der Waals surface area contributed by atoms with Crippen LogP contribution in [0.3, 0.4) is 0 Å². The first kappa shape index (κ1) is 16.0. The number of esters is 1. The summed E-state index contributed by atoms with van der Waals surface area (Å²) >= 11 is 0. The fourth-order valence-electron chi connectivity index (χ4n) is 1.43. The molecule has 0 rings (SSSR count). The standard InChI is InChI=1S/C12H16O6/c1-7(2)10(15)18-6-5-12(8(3)13,9(4)14)11(16)17/h1,5-6H2,2-4H3,(H,16,17). The molecule has 0 aliphatic rings. The van der Waals surface area contributed by atoms with Crippen molar-refractivity contribution in [3.63, 3.8) is 0 Å². The van der Waals surface area contributed by atoms with Gasteiger partial charge in [-0.1, -0.05) is 6.58 Å². The van der Waals surface area contributed by atoms with Gasteiger partial charge in [0.2, 0.25) is 0 Å². The maximum Gasteiger partial charge on any atom is 0.333 e. The van der Waals surface area contributed by atoms with Crippen molar-refractivity contribution in [3.05, 3.63) is 12.2 Å². The van der Waals surface area contributed by atoms with E-state index in [4.69, 9.17) is 9.84 Å². The summed E-state index contributed by atoms with van der Waals surface area (Å²) in [7, 11) is 0. The fraction of sp³-hybridized carbons (Fsp3) is 0.500. The van der Waals surface area contributed by atoms with Crippen molar-refractivity contribution in [1.29, 1.82) is 0 Å². The number of carboxylic acids is 1. The van der Waals surface area contributed by atoms with Gasteiger partial charge in [0.15, 0.2) is 17.0 Å². The zero-order chi connectivity index (χ0) is 14.5. The van der Waals surface area contributed by atoms with Gasteiger partial charge in [0, 0.05) is 12.0 Å². The first-order valence-electron chi connectivity index (χ1n) is 5.24. The van der Waals surface area contributed by atoms with Crippen LogP contribution in [-0.4, -0.2) is 35.2 Å². The van der Waals surface area contributed by atoms with Crippen LogP contribution in [0.15, 0.2) is 12.2 Å². The molecule has 0 aromatic rings. The van der Waals surface area contributed by atoms with Crippen molar-refractivity contribution in [3.8, 4) is 0 Å². The summed E-state index contributed by atoms with van der Waals surface area (Å²) in [6, 6.07) is 0. The van der Waals surface area contributed by atoms with Crippen LogP contribution in [0.1, 0.15) is 27.2 Å². The molecule has 6 heteroatoms. The zero-order valence-corrected chi connectivity index (χ0v) is 10.6. The number of carbonyl (C=O) groups is 4. The van der Waals surface area contributed by atoms with E-state index in [0.29, 0.717) is 0 Å². The van der Waals surface area contributed by atoms with E-state index in [1.165, 1.54) is 6.92 Å². The van der Waals surface area contributed by atoms with Crippen LogP contribution in [0.4, 0.5) is 0 Å². The normalized spacial score (nSPS) is 10.6. The summed E-state index contributed by atoms with van der Waals surface area (Å²) < 4.78 is 4.70. The molecule has 0 fully saturated rings. The summed E-state index contributed by atoms with van der Waals surface area (Å²) in [6.45, 7) is 6.50. The summed E-state index contributed by atoms with van der Waals surface area (Å²) in [5, 5.41) is 9.04. The third-order valence-corrected chi connectivity index (χ3v) is 2.63. The number of ether oxygens (including phenoxy) is 1. The summed E-state index contributed by atoms with van der Waals surface area (Å²) in [6.07, 6.45) is -0.383. The van der Waals surface area contributed by atoms with Crippen molar-refractivity contribution in [1.82, 2.24) is 0 Å².